The third kappa shape index (κ3) is 2.68. The Morgan fingerprint density at radius 2 is 2.24 bits per heavy atom. The summed E-state index contributed by atoms with van der Waals surface area (Å²) in [6, 6.07) is 4.21. The van der Waals surface area contributed by atoms with Crippen molar-refractivity contribution >= 4 is 27.3 Å². The lowest BCUT2D eigenvalue weighted by molar-refractivity contribution is 0.0924. The third-order valence-corrected chi connectivity index (χ3v) is 5.59. The first-order chi connectivity index (χ1) is 10.3. The molecule has 2 aromatic rings. The van der Waals surface area contributed by atoms with Crippen molar-refractivity contribution in [3.63, 3.8) is 0 Å². The molecule has 3 saturated heterocycles. The highest BCUT2D eigenvalue weighted by molar-refractivity contribution is 7.17. The van der Waals surface area contributed by atoms with E-state index < -0.39 is 0 Å². The molecule has 0 saturated carbocycles. The molecule has 1 amide bonds. The summed E-state index contributed by atoms with van der Waals surface area (Å²) in [5.41, 5.74) is 0.538. The van der Waals surface area contributed by atoms with Crippen LogP contribution in [-0.4, -0.2) is 41.5 Å². The van der Waals surface area contributed by atoms with Gasteiger partial charge in [0.25, 0.3) is 5.91 Å². The molecule has 5 heteroatoms. The molecule has 3 aliphatic heterocycles. The minimum absolute atomic E-state index is 0.0298. The van der Waals surface area contributed by atoms with Crippen LogP contribution in [0.2, 0.25) is 0 Å². The number of nitrogens with zero attached hydrogens (tertiary/aromatic N) is 2. The van der Waals surface area contributed by atoms with Crippen LogP contribution in [0.1, 0.15) is 29.8 Å². The van der Waals surface area contributed by atoms with E-state index in [4.69, 9.17) is 0 Å². The first-order valence-corrected chi connectivity index (χ1v) is 8.52. The molecular weight excluding hydrogens is 282 g/mol. The summed E-state index contributed by atoms with van der Waals surface area (Å²) in [5.74, 6) is 0.750. The normalized spacial score (nSPS) is 28.5. The standard InChI is InChI=1S/C16H19N3OS/c20-16(14-8-15-12(9-17-14)3-6-21-15)18-13-7-11-1-4-19(10-13)5-2-11/h3,6,8-9,11,13H,1-2,4-5,7,10H2,(H,18,20). The monoisotopic (exact) mass is 301 g/mol. The van der Waals surface area contributed by atoms with Crippen LogP contribution in [0.4, 0.5) is 0 Å². The Labute approximate surface area is 128 Å². The zero-order chi connectivity index (χ0) is 14.2. The highest BCUT2D eigenvalue weighted by atomic mass is 32.1. The van der Waals surface area contributed by atoms with Crippen LogP contribution in [0.15, 0.2) is 23.7 Å². The van der Waals surface area contributed by atoms with Gasteiger partial charge in [0.2, 0.25) is 0 Å². The molecule has 5 rings (SSSR count). The number of aromatic nitrogens is 1. The summed E-state index contributed by atoms with van der Waals surface area (Å²) in [4.78, 5) is 19.2. The van der Waals surface area contributed by atoms with Gasteiger partial charge in [-0.3, -0.25) is 9.78 Å². The summed E-state index contributed by atoms with van der Waals surface area (Å²) in [5, 5.41) is 6.33. The Bertz CT molecular complexity index is 646. The number of hydrogen-bond acceptors (Lipinski definition) is 4. The molecule has 110 valence electrons. The topological polar surface area (TPSA) is 45.2 Å². The minimum Gasteiger partial charge on any atom is -0.347 e. The summed E-state index contributed by atoms with van der Waals surface area (Å²) in [6.07, 6.45) is 5.47. The third-order valence-electron chi connectivity index (χ3n) is 4.71. The minimum atomic E-state index is -0.0298. The summed E-state index contributed by atoms with van der Waals surface area (Å²) in [7, 11) is 0. The maximum Gasteiger partial charge on any atom is 0.270 e. The van der Waals surface area contributed by atoms with Crippen molar-refractivity contribution in [2.45, 2.75) is 25.3 Å². The summed E-state index contributed by atoms with van der Waals surface area (Å²) in [6.45, 7) is 3.37. The van der Waals surface area contributed by atoms with Crippen LogP contribution in [0, 0.1) is 5.92 Å². The zero-order valence-corrected chi connectivity index (χ0v) is 12.7. The highest BCUT2D eigenvalue weighted by Crippen LogP contribution is 2.27. The lowest BCUT2D eigenvalue weighted by Gasteiger charge is -2.26. The second-order valence-corrected chi connectivity index (χ2v) is 7.13. The van der Waals surface area contributed by atoms with Gasteiger partial charge >= 0.3 is 0 Å². The van der Waals surface area contributed by atoms with Crippen LogP contribution >= 0.6 is 11.3 Å². The van der Waals surface area contributed by atoms with E-state index in [1.54, 1.807) is 17.5 Å². The molecule has 3 aliphatic rings. The lowest BCUT2D eigenvalue weighted by Crippen LogP contribution is -2.42. The number of rotatable bonds is 2. The SMILES string of the molecule is O=C(NC1CC2CCN(CC2)C1)c1cc2sccc2cn1. The second kappa shape index (κ2) is 5.39. The van der Waals surface area contributed by atoms with E-state index in [9.17, 15) is 4.79 Å². The first kappa shape index (κ1) is 13.2. The Morgan fingerprint density at radius 3 is 3.10 bits per heavy atom. The van der Waals surface area contributed by atoms with Crippen molar-refractivity contribution in [2.75, 3.05) is 19.6 Å². The molecule has 1 unspecified atom stereocenters. The van der Waals surface area contributed by atoms with E-state index in [1.807, 2.05) is 17.5 Å². The largest absolute Gasteiger partial charge is 0.347 e. The Hall–Kier alpha value is -1.46. The van der Waals surface area contributed by atoms with Gasteiger partial charge in [-0.05, 0) is 55.8 Å². The van der Waals surface area contributed by atoms with Crippen molar-refractivity contribution in [3.8, 4) is 0 Å². The van der Waals surface area contributed by atoms with Crippen molar-refractivity contribution in [1.29, 1.82) is 0 Å². The predicted octanol–water partition coefficient (Wildman–Crippen LogP) is 2.51. The van der Waals surface area contributed by atoms with Gasteiger partial charge in [-0.25, -0.2) is 0 Å². The molecule has 0 aliphatic carbocycles. The van der Waals surface area contributed by atoms with E-state index in [-0.39, 0.29) is 11.9 Å². The average molecular weight is 301 g/mol. The second-order valence-electron chi connectivity index (χ2n) is 6.18. The van der Waals surface area contributed by atoms with Gasteiger partial charge in [0.1, 0.15) is 5.69 Å². The first-order valence-electron chi connectivity index (χ1n) is 7.64. The zero-order valence-electron chi connectivity index (χ0n) is 11.9. The molecule has 2 aromatic heterocycles. The molecule has 0 spiro atoms. The Balaban J connectivity index is 1.49. The van der Waals surface area contributed by atoms with E-state index in [0.717, 1.165) is 29.0 Å². The highest BCUT2D eigenvalue weighted by Gasteiger charge is 2.30. The number of nitrogens with one attached hydrogen (secondary N) is 1. The van der Waals surface area contributed by atoms with Crippen molar-refractivity contribution in [3.05, 3.63) is 29.4 Å². The average Bonchev–Trinajstić information content (AvgIpc) is 2.78. The van der Waals surface area contributed by atoms with Crippen LogP contribution in [-0.2, 0) is 0 Å². The number of fused-ring (bicyclic) bond motifs is 5. The molecule has 1 atom stereocenters. The number of thiophene rings is 1. The molecule has 5 heterocycles. The molecule has 4 nitrogen and oxygen atoms in total. The van der Waals surface area contributed by atoms with E-state index >= 15 is 0 Å². The molecular formula is C16H19N3OS. The summed E-state index contributed by atoms with van der Waals surface area (Å²) >= 11 is 1.65. The van der Waals surface area contributed by atoms with Crippen molar-refractivity contribution in [2.24, 2.45) is 5.92 Å². The van der Waals surface area contributed by atoms with Gasteiger partial charge in [0, 0.05) is 28.9 Å². The fourth-order valence-corrected chi connectivity index (χ4v) is 4.33. The van der Waals surface area contributed by atoms with E-state index in [0.29, 0.717) is 5.69 Å². The van der Waals surface area contributed by atoms with E-state index in [1.165, 1.54) is 25.9 Å². The Morgan fingerprint density at radius 1 is 1.38 bits per heavy atom. The number of carbonyl (C=O) groups is 1. The van der Waals surface area contributed by atoms with Gasteiger partial charge in [0.15, 0.2) is 0 Å². The molecule has 21 heavy (non-hydrogen) atoms. The molecule has 1 N–H and O–H groups in total. The van der Waals surface area contributed by atoms with Crippen molar-refractivity contribution < 1.29 is 4.79 Å². The molecule has 0 aromatic carbocycles. The molecule has 0 radical (unpaired) electrons. The molecule has 2 bridgehead atoms. The fraction of sp³-hybridized carbons (Fsp3) is 0.500. The van der Waals surface area contributed by atoms with Gasteiger partial charge in [-0.15, -0.1) is 11.3 Å². The van der Waals surface area contributed by atoms with Crippen molar-refractivity contribution in [1.82, 2.24) is 15.2 Å². The maximum absolute atomic E-state index is 12.4. The number of amides is 1. The van der Waals surface area contributed by atoms with E-state index in [2.05, 4.69) is 15.2 Å². The number of hydrogen-bond donors (Lipinski definition) is 1. The smallest absolute Gasteiger partial charge is 0.270 e. The maximum atomic E-state index is 12.4. The number of carbonyl (C=O) groups excluding carboxylic acids is 1. The lowest BCUT2D eigenvalue weighted by atomic mass is 9.94. The van der Waals surface area contributed by atoms with Crippen LogP contribution < -0.4 is 5.32 Å². The van der Waals surface area contributed by atoms with Crippen LogP contribution in [0.3, 0.4) is 0 Å². The number of pyridine rings is 1. The van der Waals surface area contributed by atoms with Crippen LogP contribution in [0.5, 0.6) is 0 Å². The quantitative estimate of drug-likeness (QED) is 0.927. The van der Waals surface area contributed by atoms with Gasteiger partial charge in [-0.1, -0.05) is 0 Å². The molecule has 3 fully saturated rings. The van der Waals surface area contributed by atoms with Crippen LogP contribution in [0.25, 0.3) is 10.1 Å². The predicted molar refractivity (Wildman–Crippen MR) is 84.7 cm³/mol. The fourth-order valence-electron chi connectivity index (χ4n) is 3.54. The number of piperidine rings is 1. The van der Waals surface area contributed by atoms with Gasteiger partial charge in [-0.2, -0.15) is 0 Å². The van der Waals surface area contributed by atoms with Gasteiger partial charge in [0.05, 0.1) is 0 Å². The summed E-state index contributed by atoms with van der Waals surface area (Å²) < 4.78 is 1.12. The Kier molecular flexibility index (Phi) is 3.39. The van der Waals surface area contributed by atoms with Gasteiger partial charge < -0.3 is 10.2 Å².